The minimum absolute atomic E-state index is 0.00626. The van der Waals surface area contributed by atoms with Crippen LogP contribution in [0.5, 0.6) is 11.5 Å². The Labute approximate surface area is 136 Å². The number of halogens is 3. The second kappa shape index (κ2) is 6.39. The molecule has 3 rings (SSSR count). The first kappa shape index (κ1) is 16.1. The molecule has 124 valence electrons. The van der Waals surface area contributed by atoms with Crippen molar-refractivity contribution in [3.63, 3.8) is 0 Å². The van der Waals surface area contributed by atoms with Crippen LogP contribution in [0.3, 0.4) is 0 Å². The smallest absolute Gasteiger partial charge is 0.416 e. The first-order valence-electron chi connectivity index (χ1n) is 7.20. The van der Waals surface area contributed by atoms with Crippen molar-refractivity contribution >= 4 is 5.78 Å². The summed E-state index contributed by atoms with van der Waals surface area (Å²) in [7, 11) is 0. The van der Waals surface area contributed by atoms with E-state index in [4.69, 9.17) is 9.47 Å². The molecule has 0 atom stereocenters. The van der Waals surface area contributed by atoms with E-state index < -0.39 is 17.5 Å². The van der Waals surface area contributed by atoms with Gasteiger partial charge >= 0.3 is 6.18 Å². The molecule has 0 unspecified atom stereocenters. The summed E-state index contributed by atoms with van der Waals surface area (Å²) >= 11 is 0. The van der Waals surface area contributed by atoms with Crippen molar-refractivity contribution in [1.29, 1.82) is 0 Å². The fourth-order valence-electron chi connectivity index (χ4n) is 2.31. The van der Waals surface area contributed by atoms with Gasteiger partial charge in [-0.15, -0.1) is 0 Å². The van der Waals surface area contributed by atoms with Gasteiger partial charge in [-0.1, -0.05) is 24.3 Å². The van der Waals surface area contributed by atoms with Crippen molar-refractivity contribution in [2.24, 2.45) is 0 Å². The van der Waals surface area contributed by atoms with E-state index in [0.717, 1.165) is 17.7 Å². The largest absolute Gasteiger partial charge is 0.454 e. The fourth-order valence-corrected chi connectivity index (χ4v) is 2.31. The zero-order valence-electron chi connectivity index (χ0n) is 12.5. The number of hydrogen-bond donors (Lipinski definition) is 0. The van der Waals surface area contributed by atoms with Gasteiger partial charge in [-0.25, -0.2) is 0 Å². The van der Waals surface area contributed by atoms with Gasteiger partial charge in [0.15, 0.2) is 17.3 Å². The lowest BCUT2D eigenvalue weighted by Crippen LogP contribution is -2.06. The van der Waals surface area contributed by atoms with E-state index in [0.29, 0.717) is 17.9 Å². The van der Waals surface area contributed by atoms with Gasteiger partial charge in [0.25, 0.3) is 0 Å². The summed E-state index contributed by atoms with van der Waals surface area (Å²) in [6.07, 6.45) is -1.12. The molecule has 1 aliphatic rings. The number of hydrogen-bond acceptors (Lipinski definition) is 3. The Bertz CT molecular complexity index is 794. The van der Waals surface area contributed by atoms with Gasteiger partial charge in [0.1, 0.15) is 0 Å². The molecule has 2 aromatic carbocycles. The predicted molar refractivity (Wildman–Crippen MR) is 81.2 cm³/mol. The first-order chi connectivity index (χ1) is 11.4. The van der Waals surface area contributed by atoms with Crippen molar-refractivity contribution in [2.45, 2.75) is 12.6 Å². The lowest BCUT2D eigenvalue weighted by atomic mass is 10.1. The third kappa shape index (κ3) is 3.59. The minimum Gasteiger partial charge on any atom is -0.454 e. The Kier molecular flexibility index (Phi) is 4.29. The third-order valence-corrected chi connectivity index (χ3v) is 3.53. The molecule has 0 fully saturated rings. The van der Waals surface area contributed by atoms with Crippen LogP contribution in [0.1, 0.15) is 21.5 Å². The molecule has 1 heterocycles. The molecule has 0 aliphatic carbocycles. The van der Waals surface area contributed by atoms with Crippen molar-refractivity contribution in [1.82, 2.24) is 0 Å². The maximum Gasteiger partial charge on any atom is 0.416 e. The number of fused-ring (bicyclic) bond motifs is 1. The van der Waals surface area contributed by atoms with Crippen LogP contribution in [0.2, 0.25) is 0 Å². The van der Waals surface area contributed by atoms with Gasteiger partial charge in [-0.3, -0.25) is 4.79 Å². The lowest BCUT2D eigenvalue weighted by molar-refractivity contribution is -0.137. The van der Waals surface area contributed by atoms with E-state index in [1.54, 1.807) is 18.2 Å². The summed E-state index contributed by atoms with van der Waals surface area (Å²) in [6.45, 7) is 0.183. The van der Waals surface area contributed by atoms with Crippen LogP contribution in [0.15, 0.2) is 54.6 Å². The van der Waals surface area contributed by atoms with E-state index in [2.05, 4.69) is 0 Å². The zero-order chi connectivity index (χ0) is 17.2. The molecule has 0 amide bonds. The molecule has 0 bridgehead atoms. The van der Waals surface area contributed by atoms with Crippen molar-refractivity contribution in [3.8, 4) is 11.5 Å². The Hall–Kier alpha value is -2.76. The molecule has 3 nitrogen and oxygen atoms in total. The Balaban J connectivity index is 1.67. The van der Waals surface area contributed by atoms with Gasteiger partial charge in [-0.05, 0) is 42.3 Å². The van der Waals surface area contributed by atoms with Gasteiger partial charge in [-0.2, -0.15) is 13.2 Å². The summed E-state index contributed by atoms with van der Waals surface area (Å²) in [5.74, 6) is 0.842. The van der Waals surface area contributed by atoms with Crippen LogP contribution in [0, 0.1) is 0 Å². The number of rotatable bonds is 4. The third-order valence-electron chi connectivity index (χ3n) is 3.53. The average Bonchev–Trinajstić information content (AvgIpc) is 3.02. The number of carbonyl (C=O) groups is 1. The molecule has 0 N–H and O–H groups in total. The van der Waals surface area contributed by atoms with Gasteiger partial charge in [0.05, 0.1) is 5.56 Å². The van der Waals surface area contributed by atoms with Crippen LogP contribution in [-0.4, -0.2) is 12.6 Å². The standard InChI is InChI=1S/C18H13F3O3/c19-18(20,21)14-5-2-4-13(10-14)15(22)6-1-3-12-7-8-16-17(9-12)24-11-23-16/h1-2,4-10H,3,11H2/b6-1+. The normalized spacial score (nSPS) is 13.5. The van der Waals surface area contributed by atoms with E-state index in [1.807, 2.05) is 6.07 Å². The highest BCUT2D eigenvalue weighted by Gasteiger charge is 2.30. The van der Waals surface area contributed by atoms with Crippen molar-refractivity contribution < 1.29 is 27.4 Å². The Morgan fingerprint density at radius 3 is 2.67 bits per heavy atom. The molecule has 0 spiro atoms. The summed E-state index contributed by atoms with van der Waals surface area (Å²) in [5.41, 5.74) is 0.0802. The summed E-state index contributed by atoms with van der Waals surface area (Å²) in [6, 6.07) is 9.80. The van der Waals surface area contributed by atoms with Crippen LogP contribution in [0.25, 0.3) is 0 Å². The zero-order valence-corrected chi connectivity index (χ0v) is 12.5. The SMILES string of the molecule is O=C(/C=C/Cc1ccc2c(c1)OCO2)c1cccc(C(F)(F)F)c1. The molecule has 0 radical (unpaired) electrons. The number of alkyl halides is 3. The number of benzene rings is 2. The van der Waals surface area contributed by atoms with E-state index in [-0.39, 0.29) is 12.4 Å². The molecule has 6 heteroatoms. The van der Waals surface area contributed by atoms with Crippen LogP contribution >= 0.6 is 0 Å². The lowest BCUT2D eigenvalue weighted by Gasteiger charge is -2.07. The molecular formula is C18H13F3O3. The molecule has 24 heavy (non-hydrogen) atoms. The number of allylic oxidation sites excluding steroid dienone is 2. The number of carbonyl (C=O) groups excluding carboxylic acids is 1. The second-order valence-electron chi connectivity index (χ2n) is 5.24. The van der Waals surface area contributed by atoms with Gasteiger partial charge < -0.3 is 9.47 Å². The Morgan fingerprint density at radius 1 is 1.08 bits per heavy atom. The van der Waals surface area contributed by atoms with Gasteiger partial charge in [0, 0.05) is 5.56 Å². The second-order valence-corrected chi connectivity index (χ2v) is 5.24. The van der Waals surface area contributed by atoms with Gasteiger partial charge in [0.2, 0.25) is 6.79 Å². The predicted octanol–water partition coefficient (Wildman–Crippen LogP) is 4.42. The maximum absolute atomic E-state index is 12.7. The molecule has 0 saturated carbocycles. The highest BCUT2D eigenvalue weighted by molar-refractivity contribution is 6.04. The Morgan fingerprint density at radius 2 is 1.88 bits per heavy atom. The quantitative estimate of drug-likeness (QED) is 0.613. The molecular weight excluding hydrogens is 321 g/mol. The fraction of sp³-hybridized carbons (Fsp3) is 0.167. The summed E-state index contributed by atoms with van der Waals surface area (Å²) in [4.78, 5) is 12.0. The maximum atomic E-state index is 12.7. The van der Waals surface area contributed by atoms with Crippen molar-refractivity contribution in [3.05, 3.63) is 71.3 Å². The summed E-state index contributed by atoms with van der Waals surface area (Å²) < 4.78 is 48.5. The molecule has 0 aromatic heterocycles. The van der Waals surface area contributed by atoms with Crippen LogP contribution in [-0.2, 0) is 12.6 Å². The molecule has 2 aromatic rings. The molecule has 0 saturated heterocycles. The number of ketones is 1. The average molecular weight is 334 g/mol. The highest BCUT2D eigenvalue weighted by atomic mass is 19.4. The number of ether oxygens (including phenoxy) is 2. The minimum atomic E-state index is -4.47. The monoisotopic (exact) mass is 334 g/mol. The van der Waals surface area contributed by atoms with E-state index in [9.17, 15) is 18.0 Å². The molecule has 1 aliphatic heterocycles. The van der Waals surface area contributed by atoms with Crippen LogP contribution < -0.4 is 9.47 Å². The van der Waals surface area contributed by atoms with E-state index >= 15 is 0 Å². The van der Waals surface area contributed by atoms with Crippen LogP contribution in [0.4, 0.5) is 13.2 Å². The highest BCUT2D eigenvalue weighted by Crippen LogP contribution is 2.32. The summed E-state index contributed by atoms with van der Waals surface area (Å²) in [5, 5.41) is 0. The topological polar surface area (TPSA) is 35.5 Å². The van der Waals surface area contributed by atoms with Crippen molar-refractivity contribution in [2.75, 3.05) is 6.79 Å². The van der Waals surface area contributed by atoms with E-state index in [1.165, 1.54) is 18.2 Å². The first-order valence-corrected chi connectivity index (χ1v) is 7.20.